The molecule has 4 rings (SSSR count). The van der Waals surface area contributed by atoms with E-state index >= 15 is 0 Å². The quantitative estimate of drug-likeness (QED) is 0.807. The van der Waals surface area contributed by atoms with Gasteiger partial charge < -0.3 is 14.6 Å². The first-order chi connectivity index (χ1) is 14.6. The van der Waals surface area contributed by atoms with Crippen molar-refractivity contribution in [2.24, 2.45) is 0 Å². The molecule has 166 valence electrons. The van der Waals surface area contributed by atoms with E-state index in [0.29, 0.717) is 18.8 Å². The lowest BCUT2D eigenvalue weighted by Crippen LogP contribution is -2.51. The number of benzene rings is 1. The molecule has 2 aliphatic rings. The Labute approximate surface area is 181 Å². The molecule has 0 bridgehead atoms. The van der Waals surface area contributed by atoms with Crippen LogP contribution >= 0.6 is 0 Å². The van der Waals surface area contributed by atoms with Crippen molar-refractivity contribution < 1.29 is 14.3 Å². The second-order valence-electron chi connectivity index (χ2n) is 9.48. The van der Waals surface area contributed by atoms with Gasteiger partial charge >= 0.3 is 5.56 Å². The number of nitrogens with zero attached hydrogens (tertiary/aromatic N) is 3. The predicted molar refractivity (Wildman–Crippen MR) is 116 cm³/mol. The maximum absolute atomic E-state index is 14.2. The zero-order chi connectivity index (χ0) is 22.5. The van der Waals surface area contributed by atoms with Gasteiger partial charge in [-0.05, 0) is 63.8 Å². The van der Waals surface area contributed by atoms with Crippen molar-refractivity contribution in [2.75, 3.05) is 0 Å². The summed E-state index contributed by atoms with van der Waals surface area (Å²) in [6, 6.07) is 4.95. The zero-order valence-corrected chi connectivity index (χ0v) is 18.6. The van der Waals surface area contributed by atoms with Gasteiger partial charge in [0, 0.05) is 30.5 Å². The summed E-state index contributed by atoms with van der Waals surface area (Å²) in [5.74, 6) is -0.719. The van der Waals surface area contributed by atoms with Crippen LogP contribution in [0.2, 0.25) is 0 Å². The van der Waals surface area contributed by atoms with Crippen molar-refractivity contribution in [3.63, 3.8) is 0 Å². The first kappa shape index (κ1) is 21.5. The van der Waals surface area contributed by atoms with Gasteiger partial charge in [-0.3, -0.25) is 9.59 Å². The van der Waals surface area contributed by atoms with Gasteiger partial charge in [-0.25, -0.2) is 4.39 Å². The number of carbonyl (C=O) groups is 1. The van der Waals surface area contributed by atoms with E-state index in [2.05, 4.69) is 4.98 Å². The van der Waals surface area contributed by atoms with Crippen LogP contribution in [0.3, 0.4) is 0 Å². The van der Waals surface area contributed by atoms with Crippen molar-refractivity contribution >= 4 is 5.91 Å². The highest BCUT2D eigenvalue weighted by atomic mass is 19.1. The highest BCUT2D eigenvalue weighted by molar-refractivity contribution is 5.96. The summed E-state index contributed by atoms with van der Waals surface area (Å²) >= 11 is 0. The van der Waals surface area contributed by atoms with Crippen LogP contribution in [-0.2, 0) is 18.4 Å². The number of aryl methyl sites for hydroxylation is 1. The van der Waals surface area contributed by atoms with Gasteiger partial charge in [0.2, 0.25) is 5.75 Å². The summed E-state index contributed by atoms with van der Waals surface area (Å²) in [5, 5.41) is 10.4. The van der Waals surface area contributed by atoms with Crippen LogP contribution in [0.1, 0.15) is 73.9 Å². The highest BCUT2D eigenvalue weighted by Crippen LogP contribution is 2.44. The summed E-state index contributed by atoms with van der Waals surface area (Å²) in [6.45, 7) is 8.12. The van der Waals surface area contributed by atoms with Crippen LogP contribution in [0.15, 0.2) is 23.0 Å². The molecule has 0 saturated heterocycles. The maximum Gasteiger partial charge on any atom is 0.315 e. The molecule has 6 nitrogen and oxygen atoms in total. The molecule has 0 radical (unpaired) electrons. The monoisotopic (exact) mass is 427 g/mol. The van der Waals surface area contributed by atoms with Crippen LogP contribution < -0.4 is 5.56 Å². The minimum absolute atomic E-state index is 0.0189. The Balaban J connectivity index is 1.85. The standard InChI is InChI=1S/C24H30FN3O3/c1-14(2)28-16(4)13-27-19(26-22(30)21(29)20(27)23(28)31)12-24(7-5-6-8-24)17-9-15(3)10-18(25)11-17/h9-11,14,16,29H,5-8,12-13H2,1-4H3. The van der Waals surface area contributed by atoms with Crippen molar-refractivity contribution in [3.05, 3.63) is 57.0 Å². The molecule has 7 heteroatoms. The number of hydrogen-bond donors (Lipinski definition) is 1. The molecule has 1 aliphatic carbocycles. The largest absolute Gasteiger partial charge is 0.501 e. The number of amides is 1. The summed E-state index contributed by atoms with van der Waals surface area (Å²) < 4.78 is 16.0. The van der Waals surface area contributed by atoms with Gasteiger partial charge in [-0.2, -0.15) is 4.98 Å². The normalized spacial score (nSPS) is 20.4. The number of carbonyl (C=O) groups excluding carboxylic acids is 1. The van der Waals surface area contributed by atoms with Crippen molar-refractivity contribution in [2.45, 2.75) is 83.8 Å². The molecule has 0 spiro atoms. The number of aromatic hydroxyl groups is 1. The van der Waals surface area contributed by atoms with Crippen LogP contribution in [0.5, 0.6) is 5.75 Å². The van der Waals surface area contributed by atoms with E-state index in [0.717, 1.165) is 36.8 Å². The van der Waals surface area contributed by atoms with Gasteiger partial charge in [-0.15, -0.1) is 0 Å². The maximum atomic E-state index is 14.2. The SMILES string of the molecule is Cc1cc(F)cc(C2(Cc3nc(=O)c(O)c4n3CC(C)N(C(C)C)C4=O)CCCC2)c1. The molecule has 1 aliphatic heterocycles. The Morgan fingerprint density at radius 3 is 2.52 bits per heavy atom. The average molecular weight is 428 g/mol. The van der Waals surface area contributed by atoms with E-state index in [9.17, 15) is 19.1 Å². The second kappa shape index (κ2) is 7.77. The molecule has 2 aromatic rings. The summed E-state index contributed by atoms with van der Waals surface area (Å²) in [7, 11) is 0. The van der Waals surface area contributed by atoms with E-state index < -0.39 is 11.3 Å². The molecule has 1 amide bonds. The molecule has 1 unspecified atom stereocenters. The third kappa shape index (κ3) is 3.64. The molecule has 1 aromatic carbocycles. The van der Waals surface area contributed by atoms with E-state index in [1.165, 1.54) is 6.07 Å². The predicted octanol–water partition coefficient (Wildman–Crippen LogP) is 3.70. The number of hydrogen-bond acceptors (Lipinski definition) is 4. The molecule has 1 aromatic heterocycles. The molecular formula is C24H30FN3O3. The van der Waals surface area contributed by atoms with Gasteiger partial charge in [0.1, 0.15) is 11.6 Å². The highest BCUT2D eigenvalue weighted by Gasteiger charge is 2.41. The molecule has 1 saturated carbocycles. The van der Waals surface area contributed by atoms with Crippen LogP contribution in [-0.4, -0.2) is 37.5 Å². The van der Waals surface area contributed by atoms with Crippen LogP contribution in [0.25, 0.3) is 0 Å². The number of halogens is 1. The lowest BCUT2D eigenvalue weighted by molar-refractivity contribution is 0.0523. The van der Waals surface area contributed by atoms with Crippen molar-refractivity contribution in [3.8, 4) is 5.75 Å². The summed E-state index contributed by atoms with van der Waals surface area (Å²) in [4.78, 5) is 31.6. The van der Waals surface area contributed by atoms with Crippen LogP contribution in [0, 0.1) is 12.7 Å². The molecule has 1 fully saturated rings. The number of aromatic nitrogens is 2. The smallest absolute Gasteiger partial charge is 0.315 e. The Morgan fingerprint density at radius 2 is 1.90 bits per heavy atom. The fourth-order valence-electron chi connectivity index (χ4n) is 5.52. The van der Waals surface area contributed by atoms with Crippen molar-refractivity contribution in [1.82, 2.24) is 14.5 Å². The third-order valence-electron chi connectivity index (χ3n) is 6.87. The zero-order valence-electron chi connectivity index (χ0n) is 18.6. The molecule has 1 N–H and O–H groups in total. The second-order valence-corrected chi connectivity index (χ2v) is 9.48. The molecule has 1 atom stereocenters. The topological polar surface area (TPSA) is 75.4 Å². The molecule has 2 heterocycles. The lowest BCUT2D eigenvalue weighted by Gasteiger charge is -2.40. The Kier molecular flexibility index (Phi) is 5.40. The van der Waals surface area contributed by atoms with Gasteiger partial charge in [0.25, 0.3) is 5.91 Å². The van der Waals surface area contributed by atoms with E-state index in [1.54, 1.807) is 15.5 Å². The first-order valence-electron chi connectivity index (χ1n) is 11.1. The minimum Gasteiger partial charge on any atom is -0.501 e. The Bertz CT molecular complexity index is 1070. The van der Waals surface area contributed by atoms with Crippen molar-refractivity contribution in [1.29, 1.82) is 0 Å². The van der Waals surface area contributed by atoms with Gasteiger partial charge in [0.05, 0.1) is 0 Å². The first-order valence-corrected chi connectivity index (χ1v) is 11.1. The average Bonchev–Trinajstić information content (AvgIpc) is 3.14. The number of rotatable bonds is 4. The Morgan fingerprint density at radius 1 is 1.23 bits per heavy atom. The van der Waals surface area contributed by atoms with Crippen LogP contribution in [0.4, 0.5) is 4.39 Å². The Hall–Kier alpha value is -2.70. The lowest BCUT2D eigenvalue weighted by atomic mass is 9.75. The van der Waals surface area contributed by atoms with E-state index in [4.69, 9.17) is 0 Å². The van der Waals surface area contributed by atoms with Gasteiger partial charge in [0.15, 0.2) is 5.69 Å². The number of fused-ring (bicyclic) bond motifs is 1. The van der Waals surface area contributed by atoms with E-state index in [1.807, 2.05) is 33.8 Å². The molecule has 31 heavy (non-hydrogen) atoms. The third-order valence-corrected chi connectivity index (χ3v) is 6.87. The minimum atomic E-state index is -0.781. The van der Waals surface area contributed by atoms with E-state index in [-0.39, 0.29) is 34.9 Å². The van der Waals surface area contributed by atoms with Gasteiger partial charge in [-0.1, -0.05) is 18.9 Å². The summed E-state index contributed by atoms with van der Waals surface area (Å²) in [5.41, 5.74) is 0.668. The molecular weight excluding hydrogens is 397 g/mol. The fourth-order valence-corrected chi connectivity index (χ4v) is 5.52. The summed E-state index contributed by atoms with van der Waals surface area (Å²) in [6.07, 6.45) is 4.19. The fraction of sp³-hybridized carbons (Fsp3) is 0.542.